The number of rotatable bonds is 6. The van der Waals surface area contributed by atoms with Gasteiger partial charge in [0.2, 0.25) is 0 Å². The summed E-state index contributed by atoms with van der Waals surface area (Å²) in [5.74, 6) is -1.06. The van der Waals surface area contributed by atoms with E-state index in [1.807, 2.05) is 10.7 Å². The molecule has 6 heteroatoms. The Morgan fingerprint density at radius 1 is 1.33 bits per heavy atom. The molecule has 2 aliphatic carbocycles. The van der Waals surface area contributed by atoms with Gasteiger partial charge in [-0.25, -0.2) is 0 Å². The quantitative estimate of drug-likeness (QED) is 0.868. The van der Waals surface area contributed by atoms with Gasteiger partial charge in [0.1, 0.15) is 0 Å². The minimum absolute atomic E-state index is 0.129. The highest BCUT2D eigenvalue weighted by Crippen LogP contribution is 2.42. The van der Waals surface area contributed by atoms with E-state index < -0.39 is 11.9 Å². The maximum atomic E-state index is 13.0. The summed E-state index contributed by atoms with van der Waals surface area (Å²) in [5.41, 5.74) is 1.42. The molecule has 1 atom stereocenters. The molecule has 2 aliphatic rings. The second-order valence-corrected chi connectivity index (χ2v) is 8.24. The zero-order valence-corrected chi connectivity index (χ0v) is 15.0. The first-order chi connectivity index (χ1) is 11.2. The van der Waals surface area contributed by atoms with Crippen molar-refractivity contribution in [1.82, 2.24) is 14.7 Å². The van der Waals surface area contributed by atoms with Crippen LogP contribution in [0.5, 0.6) is 0 Å². The van der Waals surface area contributed by atoms with Crippen LogP contribution in [0.15, 0.2) is 6.07 Å². The molecular weight excluding hydrogens is 306 g/mol. The Bertz CT molecular complexity index is 651. The van der Waals surface area contributed by atoms with Gasteiger partial charge in [-0.05, 0) is 52.5 Å². The molecule has 0 bridgehead atoms. The van der Waals surface area contributed by atoms with Crippen LogP contribution in [-0.2, 0) is 10.3 Å². The van der Waals surface area contributed by atoms with E-state index >= 15 is 0 Å². The van der Waals surface area contributed by atoms with Gasteiger partial charge in [0, 0.05) is 24.2 Å². The predicted molar refractivity (Wildman–Crippen MR) is 90.1 cm³/mol. The molecule has 0 aromatic carbocycles. The molecule has 0 unspecified atom stereocenters. The van der Waals surface area contributed by atoms with Gasteiger partial charge in [-0.15, -0.1) is 0 Å². The minimum atomic E-state index is -0.868. The van der Waals surface area contributed by atoms with E-state index in [9.17, 15) is 9.59 Å². The second-order valence-electron chi connectivity index (χ2n) is 8.24. The van der Waals surface area contributed by atoms with Gasteiger partial charge in [0.15, 0.2) is 5.69 Å². The van der Waals surface area contributed by atoms with Crippen LogP contribution >= 0.6 is 0 Å². The zero-order chi connectivity index (χ0) is 17.6. The number of carbonyl (C=O) groups is 2. The average Bonchev–Trinajstić information content (AvgIpc) is 3.40. The molecule has 0 saturated heterocycles. The topological polar surface area (TPSA) is 75.4 Å². The van der Waals surface area contributed by atoms with Crippen LogP contribution in [-0.4, -0.2) is 44.3 Å². The van der Waals surface area contributed by atoms with Crippen molar-refractivity contribution in [2.75, 3.05) is 6.54 Å². The zero-order valence-electron chi connectivity index (χ0n) is 15.0. The van der Waals surface area contributed by atoms with Crippen LogP contribution in [0.1, 0.15) is 75.5 Å². The Morgan fingerprint density at radius 2 is 1.96 bits per heavy atom. The Hall–Kier alpha value is -1.85. The highest BCUT2D eigenvalue weighted by molar-refractivity contribution is 5.93. The minimum Gasteiger partial charge on any atom is -0.481 e. The molecule has 1 N–H and O–H groups in total. The number of amides is 1. The van der Waals surface area contributed by atoms with Crippen molar-refractivity contribution in [3.63, 3.8) is 0 Å². The average molecular weight is 333 g/mol. The Kier molecular flexibility index (Phi) is 4.18. The van der Waals surface area contributed by atoms with Crippen molar-refractivity contribution < 1.29 is 14.7 Å². The molecule has 0 spiro atoms. The van der Waals surface area contributed by atoms with Crippen molar-refractivity contribution in [3.8, 4) is 0 Å². The highest BCUT2D eigenvalue weighted by atomic mass is 16.4. The molecule has 1 aromatic rings. The SMILES string of the molecule is C[C@@H](CN(C(=O)c1cc(C2CC2)n(C(C)(C)C)n1)C1CC1)C(=O)O. The molecule has 3 rings (SSSR count). The van der Waals surface area contributed by atoms with Crippen molar-refractivity contribution in [1.29, 1.82) is 0 Å². The van der Waals surface area contributed by atoms with E-state index in [1.165, 1.54) is 0 Å². The molecule has 2 fully saturated rings. The van der Waals surface area contributed by atoms with E-state index in [0.29, 0.717) is 11.6 Å². The first-order valence-electron chi connectivity index (χ1n) is 8.82. The monoisotopic (exact) mass is 333 g/mol. The Morgan fingerprint density at radius 3 is 2.42 bits per heavy atom. The number of nitrogens with zero attached hydrogens (tertiary/aromatic N) is 3. The predicted octanol–water partition coefficient (Wildman–Crippen LogP) is 2.84. The molecular formula is C18H27N3O3. The fourth-order valence-corrected chi connectivity index (χ4v) is 3.01. The Labute approximate surface area is 142 Å². The van der Waals surface area contributed by atoms with Gasteiger partial charge in [-0.3, -0.25) is 14.3 Å². The largest absolute Gasteiger partial charge is 0.481 e. The second kappa shape index (κ2) is 5.90. The third kappa shape index (κ3) is 3.47. The lowest BCUT2D eigenvalue weighted by Crippen LogP contribution is -2.39. The number of carboxylic acid groups (broad SMARTS) is 1. The van der Waals surface area contributed by atoms with Crippen LogP contribution in [0.25, 0.3) is 0 Å². The van der Waals surface area contributed by atoms with E-state index in [4.69, 9.17) is 5.11 Å². The third-order valence-corrected chi connectivity index (χ3v) is 4.73. The molecule has 6 nitrogen and oxygen atoms in total. The van der Waals surface area contributed by atoms with Gasteiger partial charge in [-0.2, -0.15) is 5.10 Å². The maximum absolute atomic E-state index is 13.0. The van der Waals surface area contributed by atoms with Gasteiger partial charge >= 0.3 is 5.97 Å². The molecule has 1 heterocycles. The summed E-state index contributed by atoms with van der Waals surface area (Å²) in [4.78, 5) is 25.9. The van der Waals surface area contributed by atoms with Crippen LogP contribution in [0.4, 0.5) is 0 Å². The smallest absolute Gasteiger partial charge is 0.308 e. The molecule has 1 amide bonds. The highest BCUT2D eigenvalue weighted by Gasteiger charge is 2.38. The molecule has 2 saturated carbocycles. The van der Waals surface area contributed by atoms with E-state index in [1.54, 1.807) is 11.8 Å². The number of carboxylic acids is 1. The lowest BCUT2D eigenvalue weighted by molar-refractivity contribution is -0.141. The fourth-order valence-electron chi connectivity index (χ4n) is 3.01. The van der Waals surface area contributed by atoms with Crippen LogP contribution in [0.3, 0.4) is 0 Å². The normalized spacial score (nSPS) is 19.2. The van der Waals surface area contributed by atoms with Crippen molar-refractivity contribution in [3.05, 3.63) is 17.5 Å². The lowest BCUT2D eigenvalue weighted by Gasteiger charge is -2.24. The van der Waals surface area contributed by atoms with Crippen LogP contribution in [0.2, 0.25) is 0 Å². The number of aromatic nitrogens is 2. The molecule has 24 heavy (non-hydrogen) atoms. The third-order valence-electron chi connectivity index (χ3n) is 4.73. The molecule has 132 valence electrons. The first-order valence-corrected chi connectivity index (χ1v) is 8.82. The Balaban J connectivity index is 1.86. The number of hydrogen-bond acceptors (Lipinski definition) is 3. The number of carbonyl (C=O) groups excluding carboxylic acids is 1. The van der Waals surface area contributed by atoms with Crippen LogP contribution in [0, 0.1) is 5.92 Å². The summed E-state index contributed by atoms with van der Waals surface area (Å²) >= 11 is 0. The summed E-state index contributed by atoms with van der Waals surface area (Å²) in [6.07, 6.45) is 4.21. The summed E-state index contributed by atoms with van der Waals surface area (Å²) < 4.78 is 1.98. The van der Waals surface area contributed by atoms with Crippen LogP contribution < -0.4 is 0 Å². The summed E-state index contributed by atoms with van der Waals surface area (Å²) in [7, 11) is 0. The van der Waals surface area contributed by atoms with E-state index in [0.717, 1.165) is 31.4 Å². The maximum Gasteiger partial charge on any atom is 0.308 e. The standard InChI is InChI=1S/C18H27N3O3/c1-11(17(23)24)10-20(13-7-8-13)16(22)14-9-15(12-5-6-12)21(19-14)18(2,3)4/h9,11-13H,5-8,10H2,1-4H3,(H,23,24)/t11-/m0/s1. The molecule has 0 radical (unpaired) electrons. The van der Waals surface area contributed by atoms with Gasteiger partial charge in [0.05, 0.1) is 11.5 Å². The van der Waals surface area contributed by atoms with Crippen molar-refractivity contribution in [2.45, 2.75) is 70.9 Å². The molecule has 1 aromatic heterocycles. The first kappa shape index (κ1) is 17.0. The van der Waals surface area contributed by atoms with Crippen molar-refractivity contribution >= 4 is 11.9 Å². The van der Waals surface area contributed by atoms with E-state index in [2.05, 4.69) is 25.9 Å². The number of hydrogen-bond donors (Lipinski definition) is 1. The fraction of sp³-hybridized carbons (Fsp3) is 0.722. The van der Waals surface area contributed by atoms with Gasteiger partial charge in [0.25, 0.3) is 5.91 Å². The van der Waals surface area contributed by atoms with Crippen molar-refractivity contribution in [2.24, 2.45) is 5.92 Å². The lowest BCUT2D eigenvalue weighted by atomic mass is 10.1. The summed E-state index contributed by atoms with van der Waals surface area (Å²) in [6.45, 7) is 8.16. The van der Waals surface area contributed by atoms with E-state index in [-0.39, 0.29) is 24.0 Å². The number of aliphatic carboxylic acids is 1. The van der Waals surface area contributed by atoms with Gasteiger partial charge < -0.3 is 10.0 Å². The molecule has 0 aliphatic heterocycles. The van der Waals surface area contributed by atoms with Gasteiger partial charge in [-0.1, -0.05) is 6.92 Å². The summed E-state index contributed by atoms with van der Waals surface area (Å²) in [6, 6.07) is 2.09. The summed E-state index contributed by atoms with van der Waals surface area (Å²) in [5, 5.41) is 13.8.